The molecule has 1 heterocycles. The van der Waals surface area contributed by atoms with Gasteiger partial charge in [-0.05, 0) is 17.7 Å². The molecule has 0 aliphatic heterocycles. The quantitative estimate of drug-likeness (QED) is 0.512. The van der Waals surface area contributed by atoms with Crippen molar-refractivity contribution in [3.63, 3.8) is 0 Å². The molecule has 5 heteroatoms. The molecule has 0 atom stereocenters. The van der Waals surface area contributed by atoms with E-state index in [0.717, 1.165) is 16.3 Å². The van der Waals surface area contributed by atoms with Crippen molar-refractivity contribution in [1.29, 1.82) is 0 Å². The van der Waals surface area contributed by atoms with Crippen molar-refractivity contribution in [3.05, 3.63) is 42.4 Å². The van der Waals surface area contributed by atoms with Gasteiger partial charge in [-0.3, -0.25) is 4.79 Å². The summed E-state index contributed by atoms with van der Waals surface area (Å²) in [6.07, 6.45) is 4.38. The number of nitrogens with zero attached hydrogens (tertiary/aromatic N) is 1. The summed E-state index contributed by atoms with van der Waals surface area (Å²) in [5, 5.41) is 0.981. The number of aromatic amines is 1. The monoisotopic (exact) mass is 247 g/mol. The van der Waals surface area contributed by atoms with Gasteiger partial charge in [0.25, 0.3) is 0 Å². The first-order valence-electron chi connectivity index (χ1n) is 5.05. The molecule has 1 aromatic carbocycles. The lowest BCUT2D eigenvalue weighted by molar-refractivity contribution is -0.131. The number of carbonyl (C=O) groups excluding carboxylic acids is 1. The third kappa shape index (κ3) is 3.64. The zero-order valence-corrected chi connectivity index (χ0v) is 10.1. The molecule has 1 radical (unpaired) electrons. The van der Waals surface area contributed by atoms with Crippen molar-refractivity contribution in [1.82, 2.24) is 9.97 Å². The van der Waals surface area contributed by atoms with Crippen molar-refractivity contribution in [2.75, 3.05) is 0 Å². The van der Waals surface area contributed by atoms with Gasteiger partial charge < -0.3 is 9.72 Å². The molecule has 2 rings (SSSR count). The molecule has 0 saturated carbocycles. The number of aromatic nitrogens is 2. The summed E-state index contributed by atoms with van der Waals surface area (Å²) in [6.45, 7) is 1.39. The fourth-order valence-corrected chi connectivity index (χ4v) is 2.02. The number of imidazole rings is 1. The van der Waals surface area contributed by atoms with Crippen LogP contribution < -0.4 is 4.74 Å². The van der Waals surface area contributed by atoms with Crippen LogP contribution in [0.4, 0.5) is 0 Å². The Kier molecular flexibility index (Phi) is 3.82. The number of thioether (sulfide) groups is 1. The Labute approximate surface area is 103 Å². The largest absolute Gasteiger partial charge is 0.427 e. The van der Waals surface area contributed by atoms with Gasteiger partial charge in [-0.25, -0.2) is 4.98 Å². The number of nitrogens with one attached hydrogen (secondary N) is 1. The molecule has 0 aliphatic rings. The minimum atomic E-state index is -0.305. The fourth-order valence-electron chi connectivity index (χ4n) is 1.26. The molecule has 1 aromatic heterocycles. The highest BCUT2D eigenvalue weighted by molar-refractivity contribution is 7.98. The first-order chi connectivity index (χ1) is 8.24. The summed E-state index contributed by atoms with van der Waals surface area (Å²) in [6, 6.07) is 7.45. The highest BCUT2D eigenvalue weighted by atomic mass is 32.2. The first kappa shape index (κ1) is 11.7. The minimum absolute atomic E-state index is 0.305. The number of esters is 1. The van der Waals surface area contributed by atoms with Gasteiger partial charge in [0.15, 0.2) is 6.33 Å². The van der Waals surface area contributed by atoms with Gasteiger partial charge in [0, 0.05) is 12.7 Å². The summed E-state index contributed by atoms with van der Waals surface area (Å²) in [7, 11) is 0. The maximum Gasteiger partial charge on any atom is 0.308 e. The van der Waals surface area contributed by atoms with E-state index in [-0.39, 0.29) is 5.97 Å². The van der Waals surface area contributed by atoms with Crippen molar-refractivity contribution >= 4 is 17.7 Å². The van der Waals surface area contributed by atoms with Crippen LogP contribution in [0.5, 0.6) is 5.75 Å². The molecule has 0 spiro atoms. The van der Waals surface area contributed by atoms with E-state index < -0.39 is 0 Å². The molecule has 0 amide bonds. The van der Waals surface area contributed by atoms with Gasteiger partial charge in [0.1, 0.15) is 5.75 Å². The average Bonchev–Trinajstić information content (AvgIpc) is 2.80. The van der Waals surface area contributed by atoms with E-state index in [1.165, 1.54) is 6.92 Å². The number of hydrogen-bond donors (Lipinski definition) is 1. The van der Waals surface area contributed by atoms with Crippen LogP contribution in [0.3, 0.4) is 0 Å². The molecular formula is C12H11N2O2S. The minimum Gasteiger partial charge on any atom is -0.427 e. The van der Waals surface area contributed by atoms with E-state index in [2.05, 4.69) is 16.3 Å². The van der Waals surface area contributed by atoms with Crippen LogP contribution >= 0.6 is 11.8 Å². The molecule has 0 bridgehead atoms. The van der Waals surface area contributed by atoms with Gasteiger partial charge in [0.05, 0.1) is 11.2 Å². The molecule has 17 heavy (non-hydrogen) atoms. The first-order valence-corrected chi connectivity index (χ1v) is 6.04. The maximum absolute atomic E-state index is 10.7. The maximum atomic E-state index is 10.7. The Morgan fingerprint density at radius 3 is 2.82 bits per heavy atom. The molecule has 0 fully saturated rings. The van der Waals surface area contributed by atoms with E-state index >= 15 is 0 Å². The third-order valence-corrected chi connectivity index (χ3v) is 3.00. The van der Waals surface area contributed by atoms with Crippen LogP contribution in [0.2, 0.25) is 0 Å². The number of hydrogen-bond acceptors (Lipinski definition) is 4. The molecule has 0 aliphatic carbocycles. The fraction of sp³-hybridized carbons (Fsp3) is 0.167. The van der Waals surface area contributed by atoms with Crippen molar-refractivity contribution in [2.24, 2.45) is 0 Å². The van der Waals surface area contributed by atoms with Gasteiger partial charge in [-0.1, -0.05) is 12.1 Å². The van der Waals surface area contributed by atoms with E-state index in [1.807, 2.05) is 12.1 Å². The Balaban J connectivity index is 1.91. The second kappa shape index (κ2) is 5.54. The topological polar surface area (TPSA) is 55.0 Å². The average molecular weight is 247 g/mol. The molecule has 4 nitrogen and oxygen atoms in total. The van der Waals surface area contributed by atoms with E-state index in [4.69, 9.17) is 4.74 Å². The SMILES string of the molecule is CC(=O)Oc1ccc(CSc2cn[c][nH]2)cc1. The lowest BCUT2D eigenvalue weighted by atomic mass is 10.2. The summed E-state index contributed by atoms with van der Waals surface area (Å²) in [5.74, 6) is 1.09. The highest BCUT2D eigenvalue weighted by Gasteiger charge is 2.00. The number of carbonyl (C=O) groups is 1. The summed E-state index contributed by atoms with van der Waals surface area (Å²) in [4.78, 5) is 17.5. The van der Waals surface area contributed by atoms with Gasteiger partial charge in [-0.2, -0.15) is 0 Å². The Bertz CT molecular complexity index is 480. The van der Waals surface area contributed by atoms with Crippen LogP contribution in [0, 0.1) is 6.33 Å². The van der Waals surface area contributed by atoms with Crippen LogP contribution in [-0.2, 0) is 10.5 Å². The van der Waals surface area contributed by atoms with Crippen LogP contribution in [-0.4, -0.2) is 15.9 Å². The Hall–Kier alpha value is -1.75. The smallest absolute Gasteiger partial charge is 0.308 e. The number of H-pyrrole nitrogens is 1. The van der Waals surface area contributed by atoms with Crippen molar-refractivity contribution in [3.8, 4) is 5.75 Å². The third-order valence-electron chi connectivity index (χ3n) is 2.00. The van der Waals surface area contributed by atoms with Gasteiger partial charge in [0.2, 0.25) is 0 Å². The number of rotatable bonds is 4. The van der Waals surface area contributed by atoms with Crippen LogP contribution in [0.1, 0.15) is 12.5 Å². The second-order valence-electron chi connectivity index (χ2n) is 3.39. The summed E-state index contributed by atoms with van der Waals surface area (Å²) < 4.78 is 4.95. The van der Waals surface area contributed by atoms with E-state index in [0.29, 0.717) is 5.75 Å². The lowest BCUT2D eigenvalue weighted by Crippen LogP contribution is -2.00. The van der Waals surface area contributed by atoms with Crippen molar-refractivity contribution in [2.45, 2.75) is 17.7 Å². The predicted octanol–water partition coefficient (Wildman–Crippen LogP) is 2.43. The zero-order valence-electron chi connectivity index (χ0n) is 9.27. The normalized spacial score (nSPS) is 10.2. The highest BCUT2D eigenvalue weighted by Crippen LogP contribution is 2.21. The molecule has 0 saturated heterocycles. The van der Waals surface area contributed by atoms with E-state index in [1.54, 1.807) is 30.1 Å². The van der Waals surface area contributed by atoms with Crippen molar-refractivity contribution < 1.29 is 9.53 Å². The summed E-state index contributed by atoms with van der Waals surface area (Å²) in [5.41, 5.74) is 1.15. The number of ether oxygens (including phenoxy) is 1. The zero-order chi connectivity index (χ0) is 12.1. The molecular weight excluding hydrogens is 236 g/mol. The summed E-state index contributed by atoms with van der Waals surface area (Å²) >= 11 is 1.64. The lowest BCUT2D eigenvalue weighted by Gasteiger charge is -2.03. The molecule has 87 valence electrons. The standard InChI is InChI=1S/C12H11N2O2S/c1-9(15)16-11-4-2-10(3-5-11)7-17-12-6-13-8-14-12/h2-6H,7H2,1H3,(H,13,14). The van der Waals surface area contributed by atoms with Gasteiger partial charge >= 0.3 is 5.97 Å². The van der Waals surface area contributed by atoms with Gasteiger partial charge in [-0.15, -0.1) is 11.8 Å². The molecule has 1 N–H and O–H groups in total. The van der Waals surface area contributed by atoms with Crippen LogP contribution in [0.15, 0.2) is 35.5 Å². The molecule has 2 aromatic rings. The number of benzene rings is 1. The second-order valence-corrected chi connectivity index (χ2v) is 4.40. The van der Waals surface area contributed by atoms with E-state index in [9.17, 15) is 4.79 Å². The predicted molar refractivity (Wildman–Crippen MR) is 64.7 cm³/mol. The van der Waals surface area contributed by atoms with Crippen LogP contribution in [0.25, 0.3) is 0 Å². The molecule has 0 unspecified atom stereocenters. The Morgan fingerprint density at radius 1 is 1.47 bits per heavy atom. The Morgan fingerprint density at radius 2 is 2.24 bits per heavy atom.